The maximum absolute atomic E-state index is 6.63. The quantitative estimate of drug-likeness (QED) is 0.277. The van der Waals surface area contributed by atoms with Gasteiger partial charge in [-0.3, -0.25) is 0 Å². The van der Waals surface area contributed by atoms with Crippen LogP contribution < -0.4 is 20.7 Å². The summed E-state index contributed by atoms with van der Waals surface area (Å²) >= 11 is 0. The standard InChI is InChI=1S/C32H49N3O6/c1-24(20-37-3)21-38-22-25-5-8-27(9-6-25)32-30(39-15-11-33)18-34-19-31(32)41-23-26-7-10-29-28(17-26)35(13-16-40-29)12-4-14-36-2/h5-10,17,24,30-32,34H,4,11-16,18-23,33H2,1-3H3/t24?,30-,31+,32+/m1/s1. The van der Waals surface area contributed by atoms with E-state index < -0.39 is 0 Å². The van der Waals surface area contributed by atoms with Gasteiger partial charge in [0.1, 0.15) is 12.4 Å². The number of nitrogens with one attached hydrogen (secondary N) is 1. The molecule has 2 aromatic rings. The van der Waals surface area contributed by atoms with Crippen molar-refractivity contribution in [1.29, 1.82) is 0 Å². The molecule has 1 unspecified atom stereocenters. The Bertz CT molecular complexity index is 1020. The summed E-state index contributed by atoms with van der Waals surface area (Å²) in [6, 6.07) is 15.1. The number of rotatable bonds is 17. The van der Waals surface area contributed by atoms with Crippen LogP contribution in [0.15, 0.2) is 42.5 Å². The van der Waals surface area contributed by atoms with Gasteiger partial charge in [0.15, 0.2) is 0 Å². The molecular formula is C32H49N3O6. The first kappa shape index (κ1) is 31.7. The largest absolute Gasteiger partial charge is 0.490 e. The van der Waals surface area contributed by atoms with E-state index in [1.807, 2.05) is 0 Å². The Kier molecular flexibility index (Phi) is 13.2. The topological polar surface area (TPSA) is 96.7 Å². The van der Waals surface area contributed by atoms with Gasteiger partial charge in [-0.2, -0.15) is 0 Å². The van der Waals surface area contributed by atoms with Gasteiger partial charge >= 0.3 is 0 Å². The molecule has 0 saturated carbocycles. The van der Waals surface area contributed by atoms with E-state index in [9.17, 15) is 0 Å². The van der Waals surface area contributed by atoms with Gasteiger partial charge in [-0.25, -0.2) is 0 Å². The van der Waals surface area contributed by atoms with Crippen LogP contribution in [0.25, 0.3) is 0 Å². The average Bonchev–Trinajstić information content (AvgIpc) is 2.99. The van der Waals surface area contributed by atoms with Crippen molar-refractivity contribution in [3.8, 4) is 5.75 Å². The molecule has 0 aromatic heterocycles. The molecule has 9 heteroatoms. The molecule has 1 fully saturated rings. The first-order valence-corrected chi connectivity index (χ1v) is 14.9. The van der Waals surface area contributed by atoms with E-state index in [2.05, 4.69) is 59.6 Å². The summed E-state index contributed by atoms with van der Waals surface area (Å²) in [6.07, 6.45) is 0.907. The molecule has 0 radical (unpaired) electrons. The van der Waals surface area contributed by atoms with Crippen molar-refractivity contribution in [2.45, 2.75) is 44.7 Å². The van der Waals surface area contributed by atoms with Gasteiger partial charge in [0.25, 0.3) is 0 Å². The highest BCUT2D eigenvalue weighted by molar-refractivity contribution is 5.61. The highest BCUT2D eigenvalue weighted by Gasteiger charge is 2.36. The van der Waals surface area contributed by atoms with Gasteiger partial charge in [-0.05, 0) is 35.2 Å². The van der Waals surface area contributed by atoms with E-state index in [-0.39, 0.29) is 18.1 Å². The highest BCUT2D eigenvalue weighted by atomic mass is 16.5. The Morgan fingerprint density at radius 1 is 0.951 bits per heavy atom. The molecule has 228 valence electrons. The molecule has 0 aliphatic carbocycles. The van der Waals surface area contributed by atoms with Gasteiger partial charge in [-0.1, -0.05) is 37.3 Å². The number of anilines is 1. The van der Waals surface area contributed by atoms with E-state index >= 15 is 0 Å². The summed E-state index contributed by atoms with van der Waals surface area (Å²) < 4.78 is 35.1. The molecule has 0 amide bonds. The molecule has 0 spiro atoms. The van der Waals surface area contributed by atoms with Crippen LogP contribution in [-0.2, 0) is 36.9 Å². The molecule has 0 bridgehead atoms. The minimum absolute atomic E-state index is 0.0255. The third-order valence-electron chi connectivity index (χ3n) is 7.65. The second-order valence-electron chi connectivity index (χ2n) is 11.0. The van der Waals surface area contributed by atoms with Gasteiger partial charge in [-0.15, -0.1) is 0 Å². The highest BCUT2D eigenvalue weighted by Crippen LogP contribution is 2.34. The Morgan fingerprint density at radius 3 is 2.49 bits per heavy atom. The fourth-order valence-corrected chi connectivity index (χ4v) is 5.63. The summed E-state index contributed by atoms with van der Waals surface area (Å²) in [5, 5.41) is 3.51. The van der Waals surface area contributed by atoms with Crippen molar-refractivity contribution in [1.82, 2.24) is 5.32 Å². The Hall–Kier alpha value is -2.24. The second-order valence-corrected chi connectivity index (χ2v) is 11.0. The lowest BCUT2D eigenvalue weighted by Crippen LogP contribution is -2.51. The first-order valence-electron chi connectivity index (χ1n) is 14.9. The molecule has 2 aliphatic rings. The van der Waals surface area contributed by atoms with Gasteiger partial charge < -0.3 is 44.4 Å². The van der Waals surface area contributed by atoms with Crippen LogP contribution in [0.3, 0.4) is 0 Å². The zero-order valence-electron chi connectivity index (χ0n) is 25.0. The van der Waals surface area contributed by atoms with E-state index in [0.29, 0.717) is 52.1 Å². The Labute approximate surface area is 245 Å². The number of piperidine rings is 1. The second kappa shape index (κ2) is 17.0. The number of ether oxygens (including phenoxy) is 6. The Morgan fingerprint density at radius 2 is 1.73 bits per heavy atom. The maximum atomic E-state index is 6.63. The smallest absolute Gasteiger partial charge is 0.142 e. The summed E-state index contributed by atoms with van der Waals surface area (Å²) in [7, 11) is 3.47. The van der Waals surface area contributed by atoms with Crippen LogP contribution in [0.4, 0.5) is 5.69 Å². The van der Waals surface area contributed by atoms with Crippen LogP contribution in [-0.4, -0.2) is 92.2 Å². The van der Waals surface area contributed by atoms with E-state index in [1.165, 1.54) is 5.56 Å². The third kappa shape index (κ3) is 9.38. The Balaban J connectivity index is 1.42. The lowest BCUT2D eigenvalue weighted by Gasteiger charge is -2.39. The summed E-state index contributed by atoms with van der Waals surface area (Å²) in [5.41, 5.74) is 10.4. The van der Waals surface area contributed by atoms with Crippen molar-refractivity contribution in [2.24, 2.45) is 11.7 Å². The zero-order valence-corrected chi connectivity index (χ0v) is 25.0. The van der Waals surface area contributed by atoms with Crippen LogP contribution in [0.5, 0.6) is 5.75 Å². The molecule has 2 heterocycles. The number of methoxy groups -OCH3 is 2. The number of benzene rings is 2. The number of nitrogens with zero attached hydrogens (tertiary/aromatic N) is 1. The predicted molar refractivity (Wildman–Crippen MR) is 161 cm³/mol. The molecule has 4 rings (SSSR count). The zero-order chi connectivity index (χ0) is 28.9. The summed E-state index contributed by atoms with van der Waals surface area (Å²) in [4.78, 5) is 2.38. The summed E-state index contributed by atoms with van der Waals surface area (Å²) in [6.45, 7) is 10.4. The van der Waals surface area contributed by atoms with Crippen LogP contribution in [0.1, 0.15) is 36.0 Å². The van der Waals surface area contributed by atoms with Gasteiger partial charge in [0.05, 0.1) is 57.5 Å². The number of fused-ring (bicyclic) bond motifs is 1. The van der Waals surface area contributed by atoms with Gasteiger partial charge in [0, 0.05) is 58.8 Å². The molecule has 2 aliphatic heterocycles. The van der Waals surface area contributed by atoms with Crippen molar-refractivity contribution in [3.63, 3.8) is 0 Å². The van der Waals surface area contributed by atoms with E-state index in [0.717, 1.165) is 61.8 Å². The number of hydrogen-bond donors (Lipinski definition) is 2. The molecule has 9 nitrogen and oxygen atoms in total. The molecule has 41 heavy (non-hydrogen) atoms. The monoisotopic (exact) mass is 571 g/mol. The molecule has 3 N–H and O–H groups in total. The average molecular weight is 572 g/mol. The van der Waals surface area contributed by atoms with Crippen molar-refractivity contribution < 1.29 is 28.4 Å². The van der Waals surface area contributed by atoms with E-state index in [4.69, 9.17) is 34.2 Å². The fraction of sp³-hybridized carbons (Fsp3) is 0.625. The molecule has 2 aromatic carbocycles. The molecule has 1 saturated heterocycles. The predicted octanol–water partition coefficient (Wildman–Crippen LogP) is 3.34. The first-order chi connectivity index (χ1) is 20.1. The van der Waals surface area contributed by atoms with Crippen molar-refractivity contribution >= 4 is 5.69 Å². The SMILES string of the molecule is COCCCN1CCOc2ccc(CO[C@H]3CNC[C@@H](OCCN)[C@@H]3c3ccc(COCC(C)COC)cc3)cc21. The minimum atomic E-state index is -0.0476. The third-order valence-corrected chi connectivity index (χ3v) is 7.65. The van der Waals surface area contributed by atoms with Crippen molar-refractivity contribution in [3.05, 3.63) is 59.2 Å². The number of hydrogen-bond acceptors (Lipinski definition) is 9. The van der Waals surface area contributed by atoms with Crippen LogP contribution >= 0.6 is 0 Å². The van der Waals surface area contributed by atoms with Gasteiger partial charge in [0.2, 0.25) is 0 Å². The van der Waals surface area contributed by atoms with Crippen LogP contribution in [0.2, 0.25) is 0 Å². The normalized spacial score (nSPS) is 21.4. The molecular weight excluding hydrogens is 522 g/mol. The fourth-order valence-electron chi connectivity index (χ4n) is 5.63. The summed E-state index contributed by atoms with van der Waals surface area (Å²) in [5.74, 6) is 1.39. The number of nitrogens with two attached hydrogens (primary N) is 1. The molecule has 4 atom stereocenters. The lowest BCUT2D eigenvalue weighted by molar-refractivity contribution is -0.0582. The van der Waals surface area contributed by atoms with Crippen LogP contribution in [0, 0.1) is 5.92 Å². The lowest BCUT2D eigenvalue weighted by atomic mass is 9.85. The van der Waals surface area contributed by atoms with E-state index in [1.54, 1.807) is 14.2 Å². The maximum Gasteiger partial charge on any atom is 0.142 e. The van der Waals surface area contributed by atoms with Crippen molar-refractivity contribution in [2.75, 3.05) is 84.9 Å². The minimum Gasteiger partial charge on any atom is -0.490 e.